The van der Waals surface area contributed by atoms with Crippen LogP contribution in [0, 0.1) is 0 Å². The molecule has 1 unspecified atom stereocenters. The van der Waals surface area contributed by atoms with Crippen LogP contribution in [0.15, 0.2) is 18.2 Å². The first-order chi connectivity index (χ1) is 11.9. The maximum atomic E-state index is 12.6. The van der Waals surface area contributed by atoms with Gasteiger partial charge >= 0.3 is 5.97 Å². The van der Waals surface area contributed by atoms with Crippen LogP contribution in [0.25, 0.3) is 0 Å². The number of carboxylic acid groups (broad SMARTS) is 1. The zero-order valence-electron chi connectivity index (χ0n) is 13.8. The molecule has 1 aromatic rings. The number of benzene rings is 1. The quantitative estimate of drug-likeness (QED) is 0.700. The van der Waals surface area contributed by atoms with Gasteiger partial charge in [-0.25, -0.2) is 4.79 Å². The summed E-state index contributed by atoms with van der Waals surface area (Å²) < 4.78 is 15.8. The van der Waals surface area contributed by atoms with Gasteiger partial charge in [-0.1, -0.05) is 0 Å². The first-order valence-electron chi connectivity index (χ1n) is 7.74. The number of amides is 2. The Hall–Kier alpha value is -2.81. The Kier molecular flexibility index (Phi) is 6.18. The van der Waals surface area contributed by atoms with E-state index in [-0.39, 0.29) is 30.6 Å². The lowest BCUT2D eigenvalue weighted by atomic mass is 10.1. The summed E-state index contributed by atoms with van der Waals surface area (Å²) in [5.41, 5.74) is 5.55. The SMILES string of the molecule is CCOc1cc(C(=O)N2CCOC(C(N)=O)C2)ccc1OCC(=O)O. The number of primary amides is 1. The highest BCUT2D eigenvalue weighted by Crippen LogP contribution is 2.29. The Morgan fingerprint density at radius 3 is 2.72 bits per heavy atom. The van der Waals surface area contributed by atoms with E-state index in [9.17, 15) is 14.4 Å². The molecule has 0 saturated carbocycles. The summed E-state index contributed by atoms with van der Waals surface area (Å²) >= 11 is 0. The molecule has 136 valence electrons. The number of carbonyl (C=O) groups is 3. The third-order valence-corrected chi connectivity index (χ3v) is 3.51. The zero-order valence-corrected chi connectivity index (χ0v) is 13.8. The molecule has 1 fully saturated rings. The Bertz CT molecular complexity index is 662. The van der Waals surface area contributed by atoms with Crippen molar-refractivity contribution in [2.75, 3.05) is 32.9 Å². The Morgan fingerprint density at radius 1 is 1.32 bits per heavy atom. The van der Waals surface area contributed by atoms with E-state index < -0.39 is 24.6 Å². The average Bonchev–Trinajstić information content (AvgIpc) is 2.60. The fourth-order valence-electron chi connectivity index (χ4n) is 2.36. The van der Waals surface area contributed by atoms with E-state index in [1.54, 1.807) is 6.92 Å². The third-order valence-electron chi connectivity index (χ3n) is 3.51. The van der Waals surface area contributed by atoms with Gasteiger partial charge in [0.2, 0.25) is 5.91 Å². The Morgan fingerprint density at radius 2 is 2.08 bits per heavy atom. The van der Waals surface area contributed by atoms with E-state index in [4.69, 9.17) is 25.1 Å². The number of hydrogen-bond donors (Lipinski definition) is 2. The molecule has 25 heavy (non-hydrogen) atoms. The second kappa shape index (κ2) is 8.34. The largest absolute Gasteiger partial charge is 0.490 e. The van der Waals surface area contributed by atoms with Crippen molar-refractivity contribution in [3.05, 3.63) is 23.8 Å². The molecule has 1 heterocycles. The highest BCUT2D eigenvalue weighted by atomic mass is 16.5. The average molecular weight is 352 g/mol. The van der Waals surface area contributed by atoms with Crippen LogP contribution in [0.5, 0.6) is 11.5 Å². The predicted octanol–water partition coefficient (Wildman–Crippen LogP) is -0.125. The van der Waals surface area contributed by atoms with Gasteiger partial charge in [-0.05, 0) is 25.1 Å². The number of carbonyl (C=O) groups excluding carboxylic acids is 2. The van der Waals surface area contributed by atoms with Crippen molar-refractivity contribution in [1.82, 2.24) is 4.90 Å². The fraction of sp³-hybridized carbons (Fsp3) is 0.438. The van der Waals surface area contributed by atoms with Gasteiger partial charge < -0.3 is 30.0 Å². The van der Waals surface area contributed by atoms with E-state index in [1.807, 2.05) is 0 Å². The van der Waals surface area contributed by atoms with Crippen LogP contribution in [0.3, 0.4) is 0 Å². The second-order valence-electron chi connectivity index (χ2n) is 5.29. The molecule has 0 spiro atoms. The van der Waals surface area contributed by atoms with E-state index in [2.05, 4.69) is 0 Å². The fourth-order valence-corrected chi connectivity index (χ4v) is 2.36. The Balaban J connectivity index is 2.17. The van der Waals surface area contributed by atoms with Crippen LogP contribution < -0.4 is 15.2 Å². The summed E-state index contributed by atoms with van der Waals surface area (Å²) in [7, 11) is 0. The van der Waals surface area contributed by atoms with E-state index in [1.165, 1.54) is 23.1 Å². The predicted molar refractivity (Wildman–Crippen MR) is 85.6 cm³/mol. The molecular weight excluding hydrogens is 332 g/mol. The first-order valence-corrected chi connectivity index (χ1v) is 7.74. The number of hydrogen-bond acceptors (Lipinski definition) is 6. The maximum Gasteiger partial charge on any atom is 0.341 e. The van der Waals surface area contributed by atoms with Gasteiger partial charge in [0.25, 0.3) is 5.91 Å². The molecule has 2 rings (SSSR count). The van der Waals surface area contributed by atoms with Gasteiger partial charge in [-0.15, -0.1) is 0 Å². The number of rotatable bonds is 7. The van der Waals surface area contributed by atoms with Crippen LogP contribution in [0.2, 0.25) is 0 Å². The van der Waals surface area contributed by atoms with Gasteiger partial charge in [0.05, 0.1) is 19.8 Å². The molecule has 0 radical (unpaired) electrons. The minimum absolute atomic E-state index is 0.0788. The van der Waals surface area contributed by atoms with Crippen molar-refractivity contribution < 1.29 is 33.7 Å². The topological polar surface area (TPSA) is 128 Å². The van der Waals surface area contributed by atoms with Crippen molar-refractivity contribution in [3.63, 3.8) is 0 Å². The molecule has 1 saturated heterocycles. The van der Waals surface area contributed by atoms with Crippen molar-refractivity contribution in [2.24, 2.45) is 5.73 Å². The number of nitrogens with two attached hydrogens (primary N) is 1. The van der Waals surface area contributed by atoms with Gasteiger partial charge in [0, 0.05) is 12.1 Å². The summed E-state index contributed by atoms with van der Waals surface area (Å²) in [6.45, 7) is 2.20. The molecule has 0 aliphatic carbocycles. The third kappa shape index (κ3) is 4.83. The molecule has 9 nitrogen and oxygen atoms in total. The number of nitrogens with zero attached hydrogens (tertiary/aromatic N) is 1. The number of carboxylic acids is 1. The van der Waals surface area contributed by atoms with Gasteiger partial charge in [-0.3, -0.25) is 9.59 Å². The Labute approximate surface area is 144 Å². The summed E-state index contributed by atoms with van der Waals surface area (Å²) in [6.07, 6.45) is -0.831. The number of morpholine rings is 1. The summed E-state index contributed by atoms with van der Waals surface area (Å²) in [4.78, 5) is 36.0. The zero-order chi connectivity index (χ0) is 18.4. The molecular formula is C16H20N2O7. The smallest absolute Gasteiger partial charge is 0.341 e. The molecule has 3 N–H and O–H groups in total. The molecule has 0 bridgehead atoms. The molecule has 1 aliphatic heterocycles. The van der Waals surface area contributed by atoms with E-state index >= 15 is 0 Å². The van der Waals surface area contributed by atoms with Crippen LogP contribution in [-0.4, -0.2) is 66.8 Å². The van der Waals surface area contributed by atoms with Gasteiger partial charge in [-0.2, -0.15) is 0 Å². The van der Waals surface area contributed by atoms with Crippen LogP contribution in [-0.2, 0) is 14.3 Å². The molecule has 2 amide bonds. The van der Waals surface area contributed by atoms with Crippen molar-refractivity contribution in [3.8, 4) is 11.5 Å². The molecule has 1 aliphatic rings. The maximum absolute atomic E-state index is 12.6. The molecule has 1 atom stereocenters. The lowest BCUT2D eigenvalue weighted by Crippen LogP contribution is -2.50. The first kappa shape index (κ1) is 18.5. The number of aliphatic carboxylic acids is 1. The van der Waals surface area contributed by atoms with Crippen molar-refractivity contribution in [1.29, 1.82) is 0 Å². The van der Waals surface area contributed by atoms with Crippen LogP contribution in [0.1, 0.15) is 17.3 Å². The lowest BCUT2D eigenvalue weighted by molar-refractivity contribution is -0.139. The minimum Gasteiger partial charge on any atom is -0.490 e. The lowest BCUT2D eigenvalue weighted by Gasteiger charge is -2.31. The molecule has 9 heteroatoms. The van der Waals surface area contributed by atoms with Gasteiger partial charge in [0.15, 0.2) is 24.2 Å². The standard InChI is InChI=1S/C16H20N2O7/c1-2-23-12-7-10(3-4-11(12)25-9-14(19)20)16(22)18-5-6-24-13(8-18)15(17)21/h3-4,7,13H,2,5-6,8-9H2,1H3,(H2,17,21)(H,19,20). The second-order valence-corrected chi connectivity index (χ2v) is 5.29. The summed E-state index contributed by atoms with van der Waals surface area (Å²) in [5, 5.41) is 8.70. The molecule has 1 aromatic carbocycles. The highest BCUT2D eigenvalue weighted by molar-refractivity contribution is 5.95. The summed E-state index contributed by atoms with van der Waals surface area (Å²) in [5.74, 6) is -1.54. The van der Waals surface area contributed by atoms with Crippen molar-refractivity contribution >= 4 is 17.8 Å². The molecule has 0 aromatic heterocycles. The monoisotopic (exact) mass is 352 g/mol. The normalized spacial score (nSPS) is 17.0. The van der Waals surface area contributed by atoms with Crippen molar-refractivity contribution in [2.45, 2.75) is 13.0 Å². The van der Waals surface area contributed by atoms with E-state index in [0.717, 1.165) is 0 Å². The summed E-state index contributed by atoms with van der Waals surface area (Å²) in [6, 6.07) is 4.47. The van der Waals surface area contributed by atoms with Crippen LogP contribution >= 0.6 is 0 Å². The van der Waals surface area contributed by atoms with Gasteiger partial charge in [0.1, 0.15) is 0 Å². The van der Waals surface area contributed by atoms with Crippen LogP contribution in [0.4, 0.5) is 0 Å². The minimum atomic E-state index is -1.12. The number of ether oxygens (including phenoxy) is 3. The van der Waals surface area contributed by atoms with E-state index in [0.29, 0.717) is 18.7 Å². The highest BCUT2D eigenvalue weighted by Gasteiger charge is 2.28.